The average molecular weight is 459 g/mol. The first-order valence-corrected chi connectivity index (χ1v) is 11.7. The Labute approximate surface area is 194 Å². The molecule has 9 heteroatoms. The van der Waals surface area contributed by atoms with E-state index in [1.165, 1.54) is 5.69 Å². The van der Waals surface area contributed by atoms with Crippen molar-refractivity contribution < 1.29 is 9.59 Å². The van der Waals surface area contributed by atoms with Crippen LogP contribution in [0.2, 0.25) is 5.02 Å². The summed E-state index contributed by atoms with van der Waals surface area (Å²) in [6, 6.07) is 9.30. The van der Waals surface area contributed by atoms with Crippen molar-refractivity contribution in [3.05, 3.63) is 41.0 Å². The standard InChI is InChI=1S/C23H31ClN6O2/c1-17-15-21-29(26-17)10-7-22(31)30(21)18(2)23(32)25-8-4-9-27-11-13-28(14-12-27)20-6-3-5-19(24)16-20/h3,5-6,15-16,18H,4,7-14H2,1-2H3,(H,25,32). The van der Waals surface area contributed by atoms with Gasteiger partial charge in [-0.05, 0) is 45.0 Å². The molecular formula is C23H31ClN6O2. The molecule has 1 atom stereocenters. The summed E-state index contributed by atoms with van der Waals surface area (Å²) in [6.07, 6.45) is 1.24. The number of halogens is 1. The summed E-state index contributed by atoms with van der Waals surface area (Å²) in [5, 5.41) is 8.18. The number of rotatable bonds is 7. The molecule has 0 spiro atoms. The molecule has 1 aromatic carbocycles. The Bertz CT molecular complexity index is 969. The van der Waals surface area contributed by atoms with Crippen LogP contribution in [0.25, 0.3) is 0 Å². The predicted octanol–water partition coefficient (Wildman–Crippen LogP) is 2.30. The smallest absolute Gasteiger partial charge is 0.242 e. The van der Waals surface area contributed by atoms with E-state index in [-0.39, 0.29) is 11.8 Å². The van der Waals surface area contributed by atoms with Gasteiger partial charge in [-0.25, -0.2) is 4.68 Å². The maximum atomic E-state index is 12.7. The zero-order chi connectivity index (χ0) is 22.7. The fraction of sp³-hybridized carbons (Fsp3) is 0.522. The van der Waals surface area contributed by atoms with Gasteiger partial charge in [0.25, 0.3) is 0 Å². The SMILES string of the molecule is Cc1cc2n(n1)CCC(=O)N2C(C)C(=O)NCCCN1CCN(c2cccc(Cl)c2)CC1. The molecule has 1 saturated heterocycles. The molecular weight excluding hydrogens is 428 g/mol. The molecule has 0 aliphatic carbocycles. The second-order valence-corrected chi connectivity index (χ2v) is 8.95. The highest BCUT2D eigenvalue weighted by molar-refractivity contribution is 6.30. The quantitative estimate of drug-likeness (QED) is 0.644. The maximum absolute atomic E-state index is 12.7. The second-order valence-electron chi connectivity index (χ2n) is 8.51. The van der Waals surface area contributed by atoms with Gasteiger partial charge >= 0.3 is 0 Å². The van der Waals surface area contributed by atoms with Crippen LogP contribution < -0.4 is 15.1 Å². The van der Waals surface area contributed by atoms with Gasteiger partial charge in [0.15, 0.2) is 0 Å². The summed E-state index contributed by atoms with van der Waals surface area (Å²) < 4.78 is 1.81. The van der Waals surface area contributed by atoms with Gasteiger partial charge in [-0.2, -0.15) is 5.10 Å². The van der Waals surface area contributed by atoms with Crippen LogP contribution >= 0.6 is 11.6 Å². The molecule has 2 aromatic rings. The van der Waals surface area contributed by atoms with E-state index in [0.717, 1.165) is 49.9 Å². The van der Waals surface area contributed by atoms with Crippen LogP contribution in [0.15, 0.2) is 30.3 Å². The van der Waals surface area contributed by atoms with Crippen molar-refractivity contribution in [3.8, 4) is 0 Å². The molecule has 1 N–H and O–H groups in total. The largest absolute Gasteiger partial charge is 0.369 e. The zero-order valence-corrected chi connectivity index (χ0v) is 19.5. The molecule has 1 fully saturated rings. The lowest BCUT2D eigenvalue weighted by Gasteiger charge is -2.36. The van der Waals surface area contributed by atoms with Crippen molar-refractivity contribution in [3.63, 3.8) is 0 Å². The summed E-state index contributed by atoms with van der Waals surface area (Å²) in [5.74, 6) is 0.549. The summed E-state index contributed by atoms with van der Waals surface area (Å²) in [4.78, 5) is 31.6. The lowest BCUT2D eigenvalue weighted by molar-refractivity contribution is -0.126. The minimum atomic E-state index is -0.557. The van der Waals surface area contributed by atoms with Crippen molar-refractivity contribution in [2.75, 3.05) is 49.1 Å². The van der Waals surface area contributed by atoms with E-state index in [1.807, 2.05) is 35.9 Å². The molecule has 32 heavy (non-hydrogen) atoms. The number of hydrogen-bond acceptors (Lipinski definition) is 5. The minimum absolute atomic E-state index is 0.0300. The van der Waals surface area contributed by atoms with E-state index >= 15 is 0 Å². The number of anilines is 2. The van der Waals surface area contributed by atoms with Crippen molar-refractivity contribution >= 4 is 34.9 Å². The predicted molar refractivity (Wildman–Crippen MR) is 126 cm³/mol. The molecule has 0 radical (unpaired) electrons. The Hall–Kier alpha value is -2.58. The summed E-state index contributed by atoms with van der Waals surface area (Å²) in [5.41, 5.74) is 2.02. The average Bonchev–Trinajstić information content (AvgIpc) is 3.16. The molecule has 172 valence electrons. The van der Waals surface area contributed by atoms with E-state index in [0.29, 0.717) is 25.3 Å². The summed E-state index contributed by atoms with van der Waals surface area (Å²) in [7, 11) is 0. The van der Waals surface area contributed by atoms with Gasteiger partial charge in [0.1, 0.15) is 11.9 Å². The van der Waals surface area contributed by atoms with Gasteiger partial charge < -0.3 is 10.2 Å². The highest BCUT2D eigenvalue weighted by atomic mass is 35.5. The van der Waals surface area contributed by atoms with Crippen LogP contribution in [0.5, 0.6) is 0 Å². The van der Waals surface area contributed by atoms with E-state index < -0.39 is 6.04 Å². The van der Waals surface area contributed by atoms with Gasteiger partial charge in [-0.1, -0.05) is 17.7 Å². The number of piperazine rings is 1. The molecule has 2 amide bonds. The van der Waals surface area contributed by atoms with E-state index in [4.69, 9.17) is 11.6 Å². The number of nitrogens with zero attached hydrogens (tertiary/aromatic N) is 5. The van der Waals surface area contributed by atoms with Gasteiger partial charge in [0, 0.05) is 55.9 Å². The third-order valence-corrected chi connectivity index (χ3v) is 6.43. The number of amides is 2. The normalized spacial score (nSPS) is 17.9. The van der Waals surface area contributed by atoms with E-state index in [2.05, 4.69) is 26.3 Å². The number of hydrogen-bond donors (Lipinski definition) is 1. The van der Waals surface area contributed by atoms with Gasteiger partial charge in [-0.3, -0.25) is 19.4 Å². The zero-order valence-electron chi connectivity index (χ0n) is 18.8. The van der Waals surface area contributed by atoms with Crippen LogP contribution in [0, 0.1) is 6.92 Å². The van der Waals surface area contributed by atoms with E-state index in [1.54, 1.807) is 11.8 Å². The number of aryl methyl sites for hydroxylation is 2. The van der Waals surface area contributed by atoms with Gasteiger partial charge in [0.2, 0.25) is 11.8 Å². The van der Waals surface area contributed by atoms with Crippen molar-refractivity contribution in [2.45, 2.75) is 39.3 Å². The van der Waals surface area contributed by atoms with E-state index in [9.17, 15) is 9.59 Å². The first-order valence-electron chi connectivity index (χ1n) is 11.3. The Morgan fingerprint density at radius 1 is 1.19 bits per heavy atom. The number of aromatic nitrogens is 2. The molecule has 1 aromatic heterocycles. The van der Waals surface area contributed by atoms with Gasteiger partial charge in [0.05, 0.1) is 12.2 Å². The Morgan fingerprint density at radius 3 is 2.72 bits per heavy atom. The lowest BCUT2D eigenvalue weighted by Crippen LogP contribution is -2.51. The van der Waals surface area contributed by atoms with Crippen LogP contribution in [-0.2, 0) is 16.1 Å². The van der Waals surface area contributed by atoms with Crippen molar-refractivity contribution in [1.82, 2.24) is 20.0 Å². The Kier molecular flexibility index (Phi) is 7.01. The number of nitrogens with one attached hydrogen (secondary N) is 1. The van der Waals surface area contributed by atoms with Crippen LogP contribution in [0.3, 0.4) is 0 Å². The monoisotopic (exact) mass is 458 g/mol. The van der Waals surface area contributed by atoms with Crippen molar-refractivity contribution in [2.24, 2.45) is 0 Å². The molecule has 2 aliphatic rings. The third-order valence-electron chi connectivity index (χ3n) is 6.20. The first-order chi connectivity index (χ1) is 15.4. The Balaban J connectivity index is 1.20. The van der Waals surface area contributed by atoms with Crippen LogP contribution in [-0.4, -0.2) is 71.8 Å². The molecule has 8 nitrogen and oxygen atoms in total. The fourth-order valence-corrected chi connectivity index (χ4v) is 4.62. The number of fused-ring (bicyclic) bond motifs is 1. The summed E-state index contributed by atoms with van der Waals surface area (Å²) in [6.45, 7) is 9.68. The minimum Gasteiger partial charge on any atom is -0.369 e. The maximum Gasteiger partial charge on any atom is 0.242 e. The Morgan fingerprint density at radius 2 is 1.97 bits per heavy atom. The third kappa shape index (κ3) is 5.07. The number of carbonyl (C=O) groups excluding carboxylic acids is 2. The van der Waals surface area contributed by atoms with Crippen LogP contribution in [0.1, 0.15) is 25.5 Å². The molecule has 1 unspecified atom stereocenters. The lowest BCUT2D eigenvalue weighted by atomic mass is 10.2. The van der Waals surface area contributed by atoms with Gasteiger partial charge in [-0.15, -0.1) is 0 Å². The highest BCUT2D eigenvalue weighted by Gasteiger charge is 2.33. The molecule has 4 rings (SSSR count). The first kappa shape index (κ1) is 22.6. The molecule has 0 bridgehead atoms. The van der Waals surface area contributed by atoms with Crippen LogP contribution in [0.4, 0.5) is 11.5 Å². The fourth-order valence-electron chi connectivity index (χ4n) is 4.44. The number of benzene rings is 1. The number of carbonyl (C=O) groups is 2. The molecule has 0 saturated carbocycles. The molecule has 3 heterocycles. The topological polar surface area (TPSA) is 73.7 Å². The van der Waals surface area contributed by atoms with Crippen molar-refractivity contribution in [1.29, 1.82) is 0 Å². The molecule has 2 aliphatic heterocycles. The highest BCUT2D eigenvalue weighted by Crippen LogP contribution is 2.25. The second kappa shape index (κ2) is 9.92. The summed E-state index contributed by atoms with van der Waals surface area (Å²) >= 11 is 6.11.